The lowest BCUT2D eigenvalue weighted by atomic mass is 10.1. The van der Waals surface area contributed by atoms with Gasteiger partial charge in [-0.2, -0.15) is 0 Å². The molecule has 0 unspecified atom stereocenters. The lowest BCUT2D eigenvalue weighted by Crippen LogP contribution is -2.38. The fourth-order valence-corrected chi connectivity index (χ4v) is 1.30. The van der Waals surface area contributed by atoms with Gasteiger partial charge in [-0.1, -0.05) is 18.1 Å². The topological polar surface area (TPSA) is 69.6 Å². The number of carbonyl (C=O) groups is 1. The summed E-state index contributed by atoms with van der Waals surface area (Å²) < 4.78 is 0. The molecule has 4 heteroatoms. The Hall–Kier alpha value is -1.99. The third-order valence-corrected chi connectivity index (χ3v) is 2.12. The van der Waals surface area contributed by atoms with Crippen LogP contribution in [0.15, 0.2) is 24.3 Å². The van der Waals surface area contributed by atoms with Gasteiger partial charge in [-0.15, -0.1) is 6.42 Å². The van der Waals surface area contributed by atoms with Crippen LogP contribution >= 0.6 is 0 Å². The van der Waals surface area contributed by atoms with Crippen LogP contribution in [0.3, 0.4) is 0 Å². The van der Waals surface area contributed by atoms with Gasteiger partial charge in [0, 0.05) is 0 Å². The number of hydrogen-bond acceptors (Lipinski definition) is 3. The lowest BCUT2D eigenvalue weighted by Gasteiger charge is -2.12. The second-order valence-electron chi connectivity index (χ2n) is 3.35. The second kappa shape index (κ2) is 5.79. The average molecular weight is 219 g/mol. The molecule has 0 amide bonds. The van der Waals surface area contributed by atoms with Gasteiger partial charge in [0.05, 0.1) is 6.54 Å². The molecule has 4 nitrogen and oxygen atoms in total. The summed E-state index contributed by atoms with van der Waals surface area (Å²) in [5.74, 6) is 1.55. The number of benzene rings is 1. The number of nitrogens with one attached hydrogen (secondary N) is 1. The summed E-state index contributed by atoms with van der Waals surface area (Å²) in [6.07, 6.45) is 5.38. The van der Waals surface area contributed by atoms with Gasteiger partial charge in [0.1, 0.15) is 11.8 Å². The van der Waals surface area contributed by atoms with Crippen LogP contribution in [0.4, 0.5) is 0 Å². The van der Waals surface area contributed by atoms with Crippen molar-refractivity contribution in [2.45, 2.75) is 12.5 Å². The molecule has 1 aromatic rings. The summed E-state index contributed by atoms with van der Waals surface area (Å²) >= 11 is 0. The third kappa shape index (κ3) is 3.64. The molecule has 16 heavy (non-hydrogen) atoms. The van der Waals surface area contributed by atoms with Crippen LogP contribution < -0.4 is 5.32 Å². The number of phenolic OH excluding ortho intramolecular Hbond substituents is 1. The molecule has 0 aromatic heterocycles. The highest BCUT2D eigenvalue weighted by Gasteiger charge is 2.16. The maximum absolute atomic E-state index is 10.9. The zero-order valence-corrected chi connectivity index (χ0v) is 8.68. The van der Waals surface area contributed by atoms with Gasteiger partial charge in [-0.05, 0) is 24.1 Å². The number of rotatable bonds is 5. The predicted molar refractivity (Wildman–Crippen MR) is 60.1 cm³/mol. The van der Waals surface area contributed by atoms with Crippen molar-refractivity contribution in [3.05, 3.63) is 29.8 Å². The van der Waals surface area contributed by atoms with E-state index < -0.39 is 12.0 Å². The molecule has 1 aromatic carbocycles. The number of aliphatic carboxylic acids is 1. The number of hydrogen-bond donors (Lipinski definition) is 3. The first-order valence-corrected chi connectivity index (χ1v) is 4.81. The van der Waals surface area contributed by atoms with Crippen LogP contribution in [0.2, 0.25) is 0 Å². The maximum Gasteiger partial charge on any atom is 0.321 e. The molecule has 3 N–H and O–H groups in total. The molecular formula is C12H13NO3. The standard InChI is InChI=1S/C12H13NO3/c1-2-7-13-11(12(15)16)8-9-3-5-10(14)6-4-9/h1,3-6,11,13-14H,7-8H2,(H,15,16)/t11-/m1/s1. The zero-order chi connectivity index (χ0) is 12.0. The molecule has 0 fully saturated rings. The van der Waals surface area contributed by atoms with E-state index in [1.165, 1.54) is 12.1 Å². The Labute approximate surface area is 93.9 Å². The quantitative estimate of drug-likeness (QED) is 0.635. The Morgan fingerprint density at radius 1 is 1.44 bits per heavy atom. The van der Waals surface area contributed by atoms with Crippen molar-refractivity contribution in [2.24, 2.45) is 0 Å². The minimum Gasteiger partial charge on any atom is -0.508 e. The van der Waals surface area contributed by atoms with Crippen molar-refractivity contribution in [1.29, 1.82) is 0 Å². The number of terminal acetylenes is 1. The highest BCUT2D eigenvalue weighted by atomic mass is 16.4. The Morgan fingerprint density at radius 3 is 2.56 bits per heavy atom. The zero-order valence-electron chi connectivity index (χ0n) is 8.68. The Kier molecular flexibility index (Phi) is 4.37. The number of carboxylic acid groups (broad SMARTS) is 1. The lowest BCUT2D eigenvalue weighted by molar-refractivity contribution is -0.139. The molecule has 0 aliphatic heterocycles. The molecule has 1 atom stereocenters. The van der Waals surface area contributed by atoms with E-state index in [1.807, 2.05) is 0 Å². The normalized spacial score (nSPS) is 11.7. The number of aromatic hydroxyl groups is 1. The van der Waals surface area contributed by atoms with Gasteiger partial charge in [0.15, 0.2) is 0 Å². The first kappa shape index (κ1) is 12.1. The summed E-state index contributed by atoms with van der Waals surface area (Å²) in [5, 5.41) is 20.8. The van der Waals surface area contributed by atoms with Crippen LogP contribution in [-0.4, -0.2) is 28.8 Å². The Bertz CT molecular complexity index is 392. The molecule has 0 heterocycles. The van der Waals surface area contributed by atoms with Crippen molar-refractivity contribution in [1.82, 2.24) is 5.32 Å². The number of carboxylic acids is 1. The van der Waals surface area contributed by atoms with E-state index in [4.69, 9.17) is 16.6 Å². The van der Waals surface area contributed by atoms with Crippen LogP contribution in [0, 0.1) is 12.3 Å². The molecule has 0 aliphatic rings. The largest absolute Gasteiger partial charge is 0.508 e. The van der Waals surface area contributed by atoms with Gasteiger partial charge >= 0.3 is 5.97 Å². The van der Waals surface area contributed by atoms with E-state index >= 15 is 0 Å². The van der Waals surface area contributed by atoms with Crippen LogP contribution in [0.25, 0.3) is 0 Å². The summed E-state index contributed by atoms with van der Waals surface area (Å²) in [6, 6.07) is 5.71. The summed E-state index contributed by atoms with van der Waals surface area (Å²) in [6.45, 7) is 0.217. The average Bonchev–Trinajstić information content (AvgIpc) is 2.26. The van der Waals surface area contributed by atoms with E-state index in [-0.39, 0.29) is 12.3 Å². The SMILES string of the molecule is C#CCN[C@H](Cc1ccc(O)cc1)C(=O)O. The van der Waals surface area contributed by atoms with Crippen molar-refractivity contribution < 1.29 is 15.0 Å². The highest BCUT2D eigenvalue weighted by Crippen LogP contribution is 2.11. The Morgan fingerprint density at radius 2 is 2.06 bits per heavy atom. The monoisotopic (exact) mass is 219 g/mol. The molecule has 0 saturated carbocycles. The van der Waals surface area contributed by atoms with E-state index in [1.54, 1.807) is 12.1 Å². The summed E-state index contributed by atoms with van der Waals surface area (Å²) in [4.78, 5) is 10.9. The molecule has 0 saturated heterocycles. The van der Waals surface area contributed by atoms with Crippen LogP contribution in [0.5, 0.6) is 5.75 Å². The molecular weight excluding hydrogens is 206 g/mol. The molecule has 0 spiro atoms. The van der Waals surface area contributed by atoms with E-state index in [9.17, 15) is 4.79 Å². The van der Waals surface area contributed by atoms with Gasteiger partial charge in [-0.3, -0.25) is 10.1 Å². The third-order valence-electron chi connectivity index (χ3n) is 2.12. The van der Waals surface area contributed by atoms with E-state index in [0.717, 1.165) is 5.56 Å². The molecule has 0 bridgehead atoms. The van der Waals surface area contributed by atoms with E-state index in [0.29, 0.717) is 6.42 Å². The van der Waals surface area contributed by atoms with Gasteiger partial charge in [-0.25, -0.2) is 0 Å². The predicted octanol–water partition coefficient (Wildman–Crippen LogP) is 0.611. The fraction of sp³-hybridized carbons (Fsp3) is 0.250. The maximum atomic E-state index is 10.9. The molecule has 0 aliphatic carbocycles. The minimum atomic E-state index is -0.941. The molecule has 84 valence electrons. The molecule has 0 radical (unpaired) electrons. The first-order chi connectivity index (χ1) is 7.63. The van der Waals surface area contributed by atoms with Crippen molar-refractivity contribution in [2.75, 3.05) is 6.54 Å². The summed E-state index contributed by atoms with van der Waals surface area (Å²) in [5.41, 5.74) is 0.828. The van der Waals surface area contributed by atoms with Gasteiger partial charge in [0.25, 0.3) is 0 Å². The van der Waals surface area contributed by atoms with Crippen molar-refractivity contribution in [3.63, 3.8) is 0 Å². The van der Waals surface area contributed by atoms with Gasteiger partial charge in [0.2, 0.25) is 0 Å². The van der Waals surface area contributed by atoms with Crippen LogP contribution in [-0.2, 0) is 11.2 Å². The van der Waals surface area contributed by atoms with E-state index in [2.05, 4.69) is 11.2 Å². The second-order valence-corrected chi connectivity index (χ2v) is 3.35. The minimum absolute atomic E-state index is 0.159. The smallest absolute Gasteiger partial charge is 0.321 e. The van der Waals surface area contributed by atoms with Crippen LogP contribution in [0.1, 0.15) is 5.56 Å². The highest BCUT2D eigenvalue weighted by molar-refractivity contribution is 5.74. The van der Waals surface area contributed by atoms with Gasteiger partial charge < -0.3 is 10.2 Å². The Balaban J connectivity index is 2.64. The first-order valence-electron chi connectivity index (χ1n) is 4.81. The summed E-state index contributed by atoms with van der Waals surface area (Å²) in [7, 11) is 0. The fourth-order valence-electron chi connectivity index (χ4n) is 1.30. The molecule has 1 rings (SSSR count). The number of phenols is 1. The van der Waals surface area contributed by atoms with Crippen molar-refractivity contribution in [3.8, 4) is 18.1 Å². The van der Waals surface area contributed by atoms with Crippen molar-refractivity contribution >= 4 is 5.97 Å².